The van der Waals surface area contributed by atoms with Crippen LogP contribution in [0.5, 0.6) is 11.6 Å². The van der Waals surface area contributed by atoms with Crippen LogP contribution in [-0.2, 0) is 6.42 Å². The molecule has 0 spiro atoms. The number of piperazine rings is 1. The number of phenols is 1. The fraction of sp³-hybridized carbons (Fsp3) is 0.471. The molecule has 2 aromatic heterocycles. The second-order valence-electron chi connectivity index (χ2n) is 13.0. The van der Waals surface area contributed by atoms with Crippen molar-refractivity contribution in [2.75, 3.05) is 37.7 Å². The number of hydrogen-bond acceptors (Lipinski definition) is 7. The van der Waals surface area contributed by atoms with Crippen molar-refractivity contribution in [3.8, 4) is 22.9 Å². The summed E-state index contributed by atoms with van der Waals surface area (Å²) in [4.78, 5) is 14.0. The number of phenolic OH excluding ortho intramolecular Hbond substituents is 1. The third-order valence-electron chi connectivity index (χ3n) is 10.3. The molecule has 4 fully saturated rings. The van der Waals surface area contributed by atoms with Crippen LogP contribution in [-0.4, -0.2) is 76.6 Å². The van der Waals surface area contributed by atoms with E-state index in [4.69, 9.17) is 14.7 Å². The van der Waals surface area contributed by atoms with Crippen molar-refractivity contribution >= 4 is 27.5 Å². The summed E-state index contributed by atoms with van der Waals surface area (Å²) in [5.74, 6) is -0.660. The number of aromatic hydroxyl groups is 1. The van der Waals surface area contributed by atoms with Crippen LogP contribution in [0.3, 0.4) is 0 Å². The maximum absolute atomic E-state index is 16.2. The molecule has 6 heterocycles. The van der Waals surface area contributed by atoms with Gasteiger partial charge in [0.05, 0.1) is 11.2 Å². The lowest BCUT2D eigenvalue weighted by Gasteiger charge is -2.35. The lowest BCUT2D eigenvalue weighted by molar-refractivity contribution is 0.111. The Morgan fingerprint density at radius 1 is 1.05 bits per heavy atom. The van der Waals surface area contributed by atoms with Crippen molar-refractivity contribution in [3.63, 3.8) is 0 Å². The molecule has 4 aliphatic heterocycles. The topological polar surface area (TPSA) is 73.8 Å². The van der Waals surface area contributed by atoms with Gasteiger partial charge in [0.25, 0.3) is 0 Å². The molecule has 7 nitrogen and oxygen atoms in total. The summed E-state index contributed by atoms with van der Waals surface area (Å²) in [6.45, 7) is 5.02. The number of nitrogens with one attached hydrogen (secondary N) is 1. The molecule has 2 aromatic carbocycles. The highest BCUT2D eigenvalue weighted by Crippen LogP contribution is 2.42. The van der Waals surface area contributed by atoms with Crippen LogP contribution < -0.4 is 15.0 Å². The first kappa shape index (κ1) is 27.9. The average Bonchev–Trinajstić information content (AvgIpc) is 3.65. The largest absolute Gasteiger partial charge is 0.508 e. The van der Waals surface area contributed by atoms with Gasteiger partial charge in [0.15, 0.2) is 5.65 Å². The minimum atomic E-state index is -0.863. The molecule has 0 amide bonds. The molecule has 0 radical (unpaired) electrons. The molecule has 4 saturated heterocycles. The molecule has 2 N–H and O–H groups in total. The Kier molecular flexibility index (Phi) is 6.64. The molecule has 0 saturated carbocycles. The summed E-state index contributed by atoms with van der Waals surface area (Å²) in [6, 6.07) is 9.98. The van der Waals surface area contributed by atoms with Crippen LogP contribution in [0, 0.1) is 11.6 Å². The zero-order chi connectivity index (χ0) is 30.2. The summed E-state index contributed by atoms with van der Waals surface area (Å²) in [5.41, 5.74) is 1.51. The fourth-order valence-corrected chi connectivity index (χ4v) is 8.29. The molecule has 4 aromatic rings. The van der Waals surface area contributed by atoms with E-state index in [0.29, 0.717) is 76.9 Å². The Morgan fingerprint density at radius 3 is 2.66 bits per heavy atom. The Bertz CT molecular complexity index is 1770. The highest BCUT2D eigenvalue weighted by Gasteiger charge is 2.49. The van der Waals surface area contributed by atoms with E-state index in [9.17, 15) is 13.9 Å². The number of benzene rings is 2. The van der Waals surface area contributed by atoms with E-state index >= 15 is 4.39 Å². The zero-order valence-corrected chi connectivity index (χ0v) is 24.8. The van der Waals surface area contributed by atoms with Crippen LogP contribution in [0.25, 0.3) is 33.1 Å². The van der Waals surface area contributed by atoms with E-state index in [1.807, 2.05) is 13.0 Å². The van der Waals surface area contributed by atoms with Crippen molar-refractivity contribution in [1.82, 2.24) is 20.2 Å². The number of aromatic nitrogens is 2. The van der Waals surface area contributed by atoms with Crippen LogP contribution in [0.2, 0.25) is 0 Å². The van der Waals surface area contributed by atoms with Gasteiger partial charge in [-0.05, 0) is 79.3 Å². The predicted molar refractivity (Wildman–Crippen MR) is 164 cm³/mol. The first-order valence-corrected chi connectivity index (χ1v) is 15.8. The smallest absolute Gasteiger partial charge is 0.217 e. The molecule has 2 bridgehead atoms. The van der Waals surface area contributed by atoms with Crippen molar-refractivity contribution in [3.05, 3.63) is 53.6 Å². The van der Waals surface area contributed by atoms with Crippen LogP contribution in [0.1, 0.15) is 44.6 Å². The normalized spacial score (nSPS) is 26.6. The molecule has 4 aliphatic rings. The number of ether oxygens (including phenoxy) is 1. The van der Waals surface area contributed by atoms with Gasteiger partial charge in [-0.2, -0.15) is 4.98 Å². The number of aryl methyl sites for hydroxylation is 1. The third kappa shape index (κ3) is 4.56. The van der Waals surface area contributed by atoms with E-state index in [-0.39, 0.29) is 22.8 Å². The first-order chi connectivity index (χ1) is 21.3. The SMILES string of the molecule is CCc1c(F)ccc2cc(O)cc(-c3nc4nc(OC[C@@]56CCCN5C[C@H](F)C6)cc(N5CC6CCC(C5)N6)c4cc3F)c12. The molecule has 0 aliphatic carbocycles. The third-order valence-corrected chi connectivity index (χ3v) is 10.3. The first-order valence-electron chi connectivity index (χ1n) is 15.8. The summed E-state index contributed by atoms with van der Waals surface area (Å²) >= 11 is 0. The van der Waals surface area contributed by atoms with Crippen molar-refractivity contribution in [1.29, 1.82) is 0 Å². The van der Waals surface area contributed by atoms with Gasteiger partial charge in [-0.25, -0.2) is 18.2 Å². The molecule has 2 unspecified atom stereocenters. The van der Waals surface area contributed by atoms with E-state index in [2.05, 4.69) is 15.1 Å². The summed E-state index contributed by atoms with van der Waals surface area (Å²) in [7, 11) is 0. The lowest BCUT2D eigenvalue weighted by atomic mass is 9.94. The summed E-state index contributed by atoms with van der Waals surface area (Å²) < 4.78 is 52.0. The van der Waals surface area contributed by atoms with E-state index < -0.39 is 12.0 Å². The number of nitrogens with zero attached hydrogens (tertiary/aromatic N) is 4. The number of hydrogen-bond donors (Lipinski definition) is 2. The van der Waals surface area contributed by atoms with E-state index in [1.54, 1.807) is 12.1 Å². The molecular weight excluding hydrogens is 567 g/mol. The molecule has 230 valence electrons. The average molecular weight is 604 g/mol. The highest BCUT2D eigenvalue weighted by molar-refractivity contribution is 6.01. The van der Waals surface area contributed by atoms with E-state index in [0.717, 1.165) is 51.0 Å². The monoisotopic (exact) mass is 603 g/mol. The van der Waals surface area contributed by atoms with Gasteiger partial charge >= 0.3 is 0 Å². The van der Waals surface area contributed by atoms with Gasteiger partial charge in [0.1, 0.15) is 35.9 Å². The maximum Gasteiger partial charge on any atom is 0.217 e. The standard InChI is InChI=1S/C34H36F3N5O2/c1-2-24-27(36)7-4-19-10-23(43)11-26(31(19)24)32-28(37)12-25-29(41-16-21-5-6-22(17-41)38-21)13-30(39-33(25)40-32)44-18-34-8-3-9-42(34)15-20(35)14-34/h4,7,10-13,20-22,38,43H,2-3,5-6,8-9,14-18H2,1H3/t20-,21?,22?,34+/m1/s1. The van der Waals surface area contributed by atoms with E-state index in [1.165, 1.54) is 18.2 Å². The summed E-state index contributed by atoms with van der Waals surface area (Å²) in [6.07, 6.45) is 4.05. The lowest BCUT2D eigenvalue weighted by Crippen LogP contribution is -2.51. The Labute approximate surface area is 254 Å². The fourth-order valence-electron chi connectivity index (χ4n) is 8.29. The van der Waals surface area contributed by atoms with Crippen molar-refractivity contribution < 1.29 is 23.0 Å². The molecular formula is C34H36F3N5O2. The number of pyridine rings is 2. The quantitative estimate of drug-likeness (QED) is 0.285. The van der Waals surface area contributed by atoms with Crippen LogP contribution >= 0.6 is 0 Å². The molecule has 10 heteroatoms. The highest BCUT2D eigenvalue weighted by atomic mass is 19.1. The predicted octanol–water partition coefficient (Wildman–Crippen LogP) is 5.89. The van der Waals surface area contributed by atoms with Gasteiger partial charge in [0, 0.05) is 55.2 Å². The maximum atomic E-state index is 16.2. The van der Waals surface area contributed by atoms with Gasteiger partial charge in [-0.1, -0.05) is 13.0 Å². The minimum absolute atomic E-state index is 0.00805. The number of halogens is 3. The second kappa shape index (κ2) is 10.5. The van der Waals surface area contributed by atoms with Gasteiger partial charge in [0.2, 0.25) is 5.88 Å². The van der Waals surface area contributed by atoms with Crippen LogP contribution in [0.15, 0.2) is 36.4 Å². The number of fused-ring (bicyclic) bond motifs is 5. The zero-order valence-electron chi connectivity index (χ0n) is 24.8. The Morgan fingerprint density at radius 2 is 1.86 bits per heavy atom. The number of alkyl halides is 1. The van der Waals surface area contributed by atoms with Gasteiger partial charge < -0.3 is 20.1 Å². The molecule has 8 rings (SSSR count). The van der Waals surface area contributed by atoms with Gasteiger partial charge in [-0.3, -0.25) is 4.90 Å². The Hall–Kier alpha value is -3.63. The number of rotatable bonds is 6. The Balaban J connectivity index is 1.27. The number of anilines is 1. The van der Waals surface area contributed by atoms with Crippen LogP contribution in [0.4, 0.5) is 18.9 Å². The second-order valence-corrected chi connectivity index (χ2v) is 13.0. The van der Waals surface area contributed by atoms with Crippen molar-refractivity contribution in [2.45, 2.75) is 69.2 Å². The minimum Gasteiger partial charge on any atom is -0.508 e. The van der Waals surface area contributed by atoms with Gasteiger partial charge in [-0.15, -0.1) is 0 Å². The molecule has 4 atom stereocenters. The van der Waals surface area contributed by atoms with Crippen molar-refractivity contribution in [2.24, 2.45) is 0 Å². The molecule has 44 heavy (non-hydrogen) atoms. The summed E-state index contributed by atoms with van der Waals surface area (Å²) in [5, 5.41) is 15.9.